The van der Waals surface area contributed by atoms with E-state index in [0.717, 1.165) is 17.5 Å². The highest BCUT2D eigenvalue weighted by Gasteiger charge is 2.39. The first-order valence-electron chi connectivity index (χ1n) is 13.9. The highest BCUT2D eigenvalue weighted by atomic mass is 16.6. The van der Waals surface area contributed by atoms with Crippen LogP contribution in [0.4, 0.5) is 4.79 Å². The summed E-state index contributed by atoms with van der Waals surface area (Å²) in [5.41, 5.74) is 7.23. The first kappa shape index (κ1) is 33.9. The summed E-state index contributed by atoms with van der Waals surface area (Å²) in [4.78, 5) is 54.1. The standard InChI is InChI=1S/C30H50N4O5/c1-18(2)11-12-22(7)34(26(27(36)32-19(3)4)23-16-20(5)15-21(6)17-23)28(37)24(13-14-25(31)35)33-29(38)39-30(8,9)10/h15-19,22,24,26H,11-14H2,1-10H3,(H2,31,35)(H,32,36)(H,33,38). The number of hydrogen-bond acceptors (Lipinski definition) is 5. The zero-order chi connectivity index (χ0) is 30.1. The van der Waals surface area contributed by atoms with Crippen molar-refractivity contribution < 1.29 is 23.9 Å². The van der Waals surface area contributed by atoms with Gasteiger partial charge < -0.3 is 26.0 Å². The molecule has 0 saturated heterocycles. The van der Waals surface area contributed by atoms with E-state index >= 15 is 0 Å². The summed E-state index contributed by atoms with van der Waals surface area (Å²) in [6, 6.07) is 3.26. The van der Waals surface area contributed by atoms with Crippen LogP contribution in [0.2, 0.25) is 0 Å². The lowest BCUT2D eigenvalue weighted by molar-refractivity contribution is -0.145. The first-order chi connectivity index (χ1) is 17.9. The molecule has 0 aromatic heterocycles. The van der Waals surface area contributed by atoms with Crippen LogP contribution in [0.1, 0.15) is 104 Å². The van der Waals surface area contributed by atoms with Crippen molar-refractivity contribution in [3.8, 4) is 0 Å². The minimum absolute atomic E-state index is 0.0217. The van der Waals surface area contributed by atoms with Crippen LogP contribution >= 0.6 is 0 Å². The molecule has 0 aliphatic heterocycles. The topological polar surface area (TPSA) is 131 Å². The Balaban J connectivity index is 3.69. The maximum absolute atomic E-state index is 14.3. The molecule has 4 amide bonds. The van der Waals surface area contributed by atoms with Crippen LogP contribution in [-0.2, 0) is 19.1 Å². The van der Waals surface area contributed by atoms with Crippen LogP contribution in [0.15, 0.2) is 18.2 Å². The van der Waals surface area contributed by atoms with Gasteiger partial charge in [0.15, 0.2) is 0 Å². The molecule has 1 aromatic carbocycles. The van der Waals surface area contributed by atoms with Gasteiger partial charge >= 0.3 is 6.09 Å². The third kappa shape index (κ3) is 12.1. The van der Waals surface area contributed by atoms with E-state index in [0.29, 0.717) is 17.9 Å². The second kappa shape index (κ2) is 14.9. The molecule has 1 aromatic rings. The number of hydrogen-bond donors (Lipinski definition) is 3. The predicted octanol–water partition coefficient (Wildman–Crippen LogP) is 4.68. The van der Waals surface area contributed by atoms with Crippen molar-refractivity contribution in [1.82, 2.24) is 15.5 Å². The van der Waals surface area contributed by atoms with Crippen molar-refractivity contribution in [1.29, 1.82) is 0 Å². The molecular weight excluding hydrogens is 496 g/mol. The number of nitrogens with zero attached hydrogens (tertiary/aromatic N) is 1. The summed E-state index contributed by atoms with van der Waals surface area (Å²) in [6.07, 6.45) is 0.560. The van der Waals surface area contributed by atoms with E-state index in [-0.39, 0.29) is 30.8 Å². The SMILES string of the molecule is Cc1cc(C)cc(C(C(=O)NC(C)C)N(C(=O)C(CCC(N)=O)NC(=O)OC(C)(C)C)C(C)CCC(C)C)c1. The molecule has 9 nitrogen and oxygen atoms in total. The van der Waals surface area contributed by atoms with Gasteiger partial charge in [0.25, 0.3) is 0 Å². The third-order valence-electron chi connectivity index (χ3n) is 6.08. The molecule has 0 saturated carbocycles. The van der Waals surface area contributed by atoms with E-state index < -0.39 is 35.6 Å². The molecule has 9 heteroatoms. The minimum atomic E-state index is -1.12. The number of benzene rings is 1. The molecule has 0 aliphatic rings. The van der Waals surface area contributed by atoms with Crippen molar-refractivity contribution in [2.75, 3.05) is 0 Å². The van der Waals surface area contributed by atoms with Gasteiger partial charge in [-0.05, 0) is 86.1 Å². The van der Waals surface area contributed by atoms with E-state index in [4.69, 9.17) is 10.5 Å². The van der Waals surface area contributed by atoms with Gasteiger partial charge in [0.2, 0.25) is 17.7 Å². The van der Waals surface area contributed by atoms with Gasteiger partial charge in [-0.3, -0.25) is 14.4 Å². The smallest absolute Gasteiger partial charge is 0.408 e. The fourth-order valence-corrected chi connectivity index (χ4v) is 4.46. The van der Waals surface area contributed by atoms with Crippen LogP contribution in [0, 0.1) is 19.8 Å². The summed E-state index contributed by atoms with van der Waals surface area (Å²) in [5.74, 6) is -0.993. The molecule has 220 valence electrons. The van der Waals surface area contributed by atoms with E-state index in [9.17, 15) is 19.2 Å². The molecule has 3 atom stereocenters. The molecule has 0 radical (unpaired) electrons. The molecule has 0 bridgehead atoms. The number of nitrogens with two attached hydrogens (primary N) is 1. The average molecular weight is 547 g/mol. The van der Waals surface area contributed by atoms with Gasteiger partial charge in [0.05, 0.1) is 0 Å². The number of nitrogens with one attached hydrogen (secondary N) is 2. The van der Waals surface area contributed by atoms with Crippen LogP contribution in [-0.4, -0.2) is 52.4 Å². The fraction of sp³-hybridized carbons (Fsp3) is 0.667. The number of amides is 4. The van der Waals surface area contributed by atoms with Crippen molar-refractivity contribution in [3.63, 3.8) is 0 Å². The summed E-state index contributed by atoms with van der Waals surface area (Å²) in [6.45, 7) is 18.9. The van der Waals surface area contributed by atoms with E-state index in [2.05, 4.69) is 24.5 Å². The number of rotatable bonds is 13. The van der Waals surface area contributed by atoms with Gasteiger partial charge in [-0.2, -0.15) is 0 Å². The number of carbonyl (C=O) groups excluding carboxylic acids is 4. The molecule has 39 heavy (non-hydrogen) atoms. The van der Waals surface area contributed by atoms with Gasteiger partial charge in [0.1, 0.15) is 17.7 Å². The maximum atomic E-state index is 14.3. The lowest BCUT2D eigenvalue weighted by Crippen LogP contribution is -2.56. The fourth-order valence-electron chi connectivity index (χ4n) is 4.46. The first-order valence-corrected chi connectivity index (χ1v) is 13.9. The summed E-state index contributed by atoms with van der Waals surface area (Å²) in [7, 11) is 0. The van der Waals surface area contributed by atoms with Gasteiger partial charge in [-0.1, -0.05) is 43.2 Å². The van der Waals surface area contributed by atoms with E-state index in [1.807, 2.05) is 52.8 Å². The number of alkyl carbamates (subject to hydrolysis) is 1. The lowest BCUT2D eigenvalue weighted by atomic mass is 9.94. The lowest BCUT2D eigenvalue weighted by Gasteiger charge is -2.39. The highest BCUT2D eigenvalue weighted by Crippen LogP contribution is 2.29. The molecule has 0 heterocycles. The maximum Gasteiger partial charge on any atom is 0.408 e. The zero-order valence-electron chi connectivity index (χ0n) is 25.5. The second-order valence-electron chi connectivity index (χ2n) is 12.3. The highest BCUT2D eigenvalue weighted by molar-refractivity contribution is 5.92. The zero-order valence-corrected chi connectivity index (χ0v) is 25.5. The second-order valence-corrected chi connectivity index (χ2v) is 12.3. The Kier molecular flexibility index (Phi) is 13.0. The Morgan fingerprint density at radius 3 is 1.92 bits per heavy atom. The van der Waals surface area contributed by atoms with Crippen LogP contribution in [0.5, 0.6) is 0 Å². The third-order valence-corrected chi connectivity index (χ3v) is 6.08. The molecular formula is C30H50N4O5. The minimum Gasteiger partial charge on any atom is -0.444 e. The van der Waals surface area contributed by atoms with Crippen LogP contribution < -0.4 is 16.4 Å². The van der Waals surface area contributed by atoms with Gasteiger partial charge in [-0.25, -0.2) is 4.79 Å². The quantitative estimate of drug-likeness (QED) is 0.331. The van der Waals surface area contributed by atoms with E-state index in [1.165, 1.54) is 0 Å². The Bertz CT molecular complexity index is 979. The van der Waals surface area contributed by atoms with Crippen molar-refractivity contribution in [2.24, 2.45) is 11.7 Å². The van der Waals surface area contributed by atoms with Gasteiger partial charge in [0, 0.05) is 18.5 Å². The average Bonchev–Trinajstić information content (AvgIpc) is 2.75. The Labute approximate surface area is 234 Å². The van der Waals surface area contributed by atoms with Gasteiger partial charge in [-0.15, -0.1) is 0 Å². The summed E-state index contributed by atoms with van der Waals surface area (Å²) in [5, 5.41) is 5.62. The summed E-state index contributed by atoms with van der Waals surface area (Å²) >= 11 is 0. The van der Waals surface area contributed by atoms with Crippen molar-refractivity contribution >= 4 is 23.8 Å². The Morgan fingerprint density at radius 2 is 1.46 bits per heavy atom. The monoisotopic (exact) mass is 546 g/mol. The number of carbonyl (C=O) groups is 4. The molecule has 4 N–H and O–H groups in total. The summed E-state index contributed by atoms with van der Waals surface area (Å²) < 4.78 is 5.40. The number of aryl methyl sites for hydroxylation is 2. The molecule has 0 aliphatic carbocycles. The Morgan fingerprint density at radius 1 is 0.897 bits per heavy atom. The van der Waals surface area contributed by atoms with Crippen LogP contribution in [0.25, 0.3) is 0 Å². The van der Waals surface area contributed by atoms with Crippen molar-refractivity contribution in [3.05, 3.63) is 34.9 Å². The normalized spacial score (nSPS) is 13.9. The number of ether oxygens (including phenoxy) is 1. The largest absolute Gasteiger partial charge is 0.444 e. The predicted molar refractivity (Wildman–Crippen MR) is 154 cm³/mol. The number of primary amides is 1. The molecule has 0 fully saturated rings. The van der Waals surface area contributed by atoms with E-state index in [1.54, 1.807) is 25.7 Å². The molecule has 0 spiro atoms. The molecule has 3 unspecified atom stereocenters. The molecule has 1 rings (SSSR count). The Hall–Kier alpha value is -3.10. The van der Waals surface area contributed by atoms with Crippen molar-refractivity contribution in [2.45, 2.75) is 125 Å². The van der Waals surface area contributed by atoms with Crippen LogP contribution in [0.3, 0.4) is 0 Å².